The molecule has 0 unspecified atom stereocenters. The first-order valence-electron chi connectivity index (χ1n) is 8.01. The lowest BCUT2D eigenvalue weighted by molar-refractivity contribution is -0.128. The van der Waals surface area contributed by atoms with E-state index in [0.717, 1.165) is 28.8 Å². The van der Waals surface area contributed by atoms with Crippen LogP contribution in [0.5, 0.6) is 0 Å². The highest BCUT2D eigenvalue weighted by molar-refractivity contribution is 7.17. The molecule has 0 bridgehead atoms. The largest absolute Gasteiger partial charge is 0.351 e. The second kappa shape index (κ2) is 6.61. The van der Waals surface area contributed by atoms with E-state index >= 15 is 0 Å². The Balaban J connectivity index is 1.64. The van der Waals surface area contributed by atoms with Gasteiger partial charge in [-0.25, -0.2) is 4.98 Å². The van der Waals surface area contributed by atoms with Gasteiger partial charge >= 0.3 is 0 Å². The van der Waals surface area contributed by atoms with Crippen LogP contribution in [-0.4, -0.2) is 24.0 Å². The molecule has 1 aliphatic rings. The van der Waals surface area contributed by atoms with Crippen LogP contribution < -0.4 is 10.2 Å². The second-order valence-electron chi connectivity index (χ2n) is 6.91. The van der Waals surface area contributed by atoms with Crippen molar-refractivity contribution in [2.45, 2.75) is 40.2 Å². The monoisotopic (exact) mass is 349 g/mol. The van der Waals surface area contributed by atoms with E-state index in [-0.39, 0.29) is 11.3 Å². The zero-order chi connectivity index (χ0) is 16.4. The number of thiazole rings is 1. The van der Waals surface area contributed by atoms with Gasteiger partial charge in [-0.3, -0.25) is 4.79 Å². The number of nitrogens with zero attached hydrogens (tertiary/aromatic N) is 2. The summed E-state index contributed by atoms with van der Waals surface area (Å²) in [5.74, 6) is 0.0810. The minimum Gasteiger partial charge on any atom is -0.351 e. The van der Waals surface area contributed by atoms with Gasteiger partial charge in [0.15, 0.2) is 5.13 Å². The quantitative estimate of drug-likeness (QED) is 0.902. The van der Waals surface area contributed by atoms with Crippen molar-refractivity contribution in [2.24, 2.45) is 5.41 Å². The summed E-state index contributed by atoms with van der Waals surface area (Å²) >= 11 is 3.43. The zero-order valence-electron chi connectivity index (χ0n) is 13.9. The number of carbonyl (C=O) groups is 1. The summed E-state index contributed by atoms with van der Waals surface area (Å²) in [5.41, 5.74) is 0.704. The molecule has 0 radical (unpaired) electrons. The van der Waals surface area contributed by atoms with Crippen LogP contribution in [0.15, 0.2) is 17.5 Å². The summed E-state index contributed by atoms with van der Waals surface area (Å²) in [6.07, 6.45) is 2.54. The van der Waals surface area contributed by atoms with Crippen LogP contribution in [0, 0.1) is 5.41 Å². The maximum absolute atomic E-state index is 11.9. The van der Waals surface area contributed by atoms with Gasteiger partial charge in [0.2, 0.25) is 5.91 Å². The molecule has 0 aromatic carbocycles. The third-order valence-corrected chi connectivity index (χ3v) is 5.90. The smallest absolute Gasteiger partial charge is 0.225 e. The molecule has 23 heavy (non-hydrogen) atoms. The van der Waals surface area contributed by atoms with Crippen molar-refractivity contribution in [3.8, 4) is 10.6 Å². The summed E-state index contributed by atoms with van der Waals surface area (Å²) in [6.45, 7) is 8.62. The molecule has 1 aliphatic heterocycles. The maximum Gasteiger partial charge on any atom is 0.225 e. The number of hydrogen-bond donors (Lipinski definition) is 1. The van der Waals surface area contributed by atoms with Gasteiger partial charge in [-0.2, -0.15) is 0 Å². The second-order valence-corrected chi connectivity index (χ2v) is 8.91. The fraction of sp³-hybridized carbons (Fsp3) is 0.529. The SMILES string of the molecule is CC(C)(C)C(=O)NCc1ccc(-c2csc(N3CCCC3)n2)s1. The Morgan fingerprint density at radius 3 is 2.74 bits per heavy atom. The average Bonchev–Trinajstić information content (AvgIpc) is 3.21. The van der Waals surface area contributed by atoms with E-state index in [4.69, 9.17) is 4.98 Å². The van der Waals surface area contributed by atoms with E-state index in [0.29, 0.717) is 6.54 Å². The van der Waals surface area contributed by atoms with Gasteiger partial charge in [-0.1, -0.05) is 20.8 Å². The number of rotatable bonds is 4. The molecule has 124 valence electrons. The normalized spacial score (nSPS) is 15.2. The lowest BCUT2D eigenvalue weighted by Gasteiger charge is -2.17. The Morgan fingerprint density at radius 1 is 1.30 bits per heavy atom. The molecule has 0 aliphatic carbocycles. The van der Waals surface area contributed by atoms with E-state index < -0.39 is 0 Å². The minimum atomic E-state index is -0.348. The van der Waals surface area contributed by atoms with Crippen LogP contribution >= 0.6 is 22.7 Å². The van der Waals surface area contributed by atoms with Crippen LogP contribution in [0.4, 0.5) is 5.13 Å². The standard InChI is InChI=1S/C17H23N3OS2/c1-17(2,3)15(21)18-10-12-6-7-14(23-12)13-11-22-16(19-13)20-8-4-5-9-20/h6-7,11H,4-5,8-10H2,1-3H3,(H,18,21). The Hall–Kier alpha value is -1.40. The van der Waals surface area contributed by atoms with E-state index in [1.807, 2.05) is 20.8 Å². The first-order valence-corrected chi connectivity index (χ1v) is 9.71. The Morgan fingerprint density at radius 2 is 2.04 bits per heavy atom. The third-order valence-electron chi connectivity index (χ3n) is 3.89. The van der Waals surface area contributed by atoms with Gasteiger partial charge in [0.05, 0.1) is 17.1 Å². The molecule has 6 heteroatoms. The maximum atomic E-state index is 11.9. The van der Waals surface area contributed by atoms with Crippen LogP contribution in [0.25, 0.3) is 10.6 Å². The first kappa shape index (κ1) is 16.5. The molecule has 1 saturated heterocycles. The van der Waals surface area contributed by atoms with E-state index in [2.05, 4.69) is 27.7 Å². The molecular weight excluding hydrogens is 326 g/mol. The predicted octanol–water partition coefficient (Wildman–Crippen LogP) is 4.13. The summed E-state index contributed by atoms with van der Waals surface area (Å²) in [7, 11) is 0. The summed E-state index contributed by atoms with van der Waals surface area (Å²) in [6, 6.07) is 4.18. The van der Waals surface area contributed by atoms with Gasteiger partial charge in [-0.15, -0.1) is 22.7 Å². The number of aromatic nitrogens is 1. The van der Waals surface area contributed by atoms with Crippen LogP contribution in [0.2, 0.25) is 0 Å². The van der Waals surface area contributed by atoms with Gasteiger partial charge in [0.1, 0.15) is 0 Å². The lowest BCUT2D eigenvalue weighted by atomic mass is 9.96. The Labute approximate surface area is 145 Å². The number of hydrogen-bond acceptors (Lipinski definition) is 5. The zero-order valence-corrected chi connectivity index (χ0v) is 15.5. The molecule has 0 spiro atoms. The molecule has 1 fully saturated rings. The number of amides is 1. The van der Waals surface area contributed by atoms with Gasteiger partial charge in [-0.05, 0) is 25.0 Å². The number of carbonyl (C=O) groups excluding carboxylic acids is 1. The molecule has 3 heterocycles. The number of anilines is 1. The predicted molar refractivity (Wildman–Crippen MR) is 98.2 cm³/mol. The topological polar surface area (TPSA) is 45.2 Å². The third kappa shape index (κ3) is 3.93. The molecule has 2 aromatic heterocycles. The highest BCUT2D eigenvalue weighted by atomic mass is 32.1. The lowest BCUT2D eigenvalue weighted by Crippen LogP contribution is -2.34. The van der Waals surface area contributed by atoms with Crippen LogP contribution in [0.1, 0.15) is 38.5 Å². The van der Waals surface area contributed by atoms with E-state index in [1.165, 1.54) is 17.7 Å². The number of nitrogens with one attached hydrogen (secondary N) is 1. The van der Waals surface area contributed by atoms with Crippen molar-refractivity contribution in [1.82, 2.24) is 10.3 Å². The minimum absolute atomic E-state index is 0.0810. The molecule has 1 amide bonds. The Bertz CT molecular complexity index is 678. The van der Waals surface area contributed by atoms with Crippen molar-refractivity contribution < 1.29 is 4.79 Å². The van der Waals surface area contributed by atoms with Crippen molar-refractivity contribution >= 4 is 33.7 Å². The summed E-state index contributed by atoms with van der Waals surface area (Å²) < 4.78 is 0. The van der Waals surface area contributed by atoms with Crippen LogP contribution in [-0.2, 0) is 11.3 Å². The molecule has 0 saturated carbocycles. The van der Waals surface area contributed by atoms with Crippen molar-refractivity contribution in [2.75, 3.05) is 18.0 Å². The highest BCUT2D eigenvalue weighted by Crippen LogP contribution is 2.33. The number of thiophene rings is 1. The van der Waals surface area contributed by atoms with Crippen molar-refractivity contribution in [3.63, 3.8) is 0 Å². The van der Waals surface area contributed by atoms with Gasteiger partial charge < -0.3 is 10.2 Å². The highest BCUT2D eigenvalue weighted by Gasteiger charge is 2.21. The first-order chi connectivity index (χ1) is 10.9. The molecule has 2 aromatic rings. The van der Waals surface area contributed by atoms with Gasteiger partial charge in [0, 0.05) is 28.8 Å². The Kier molecular flexibility index (Phi) is 4.73. The van der Waals surface area contributed by atoms with E-state index in [9.17, 15) is 4.79 Å². The molecular formula is C17H23N3OS2. The van der Waals surface area contributed by atoms with Crippen molar-refractivity contribution in [1.29, 1.82) is 0 Å². The van der Waals surface area contributed by atoms with Gasteiger partial charge in [0.25, 0.3) is 0 Å². The molecule has 0 atom stereocenters. The summed E-state index contributed by atoms with van der Waals surface area (Å²) in [5, 5.41) is 6.27. The summed E-state index contributed by atoms with van der Waals surface area (Å²) in [4.78, 5) is 21.4. The molecule has 1 N–H and O–H groups in total. The fourth-order valence-corrected chi connectivity index (χ4v) is 4.34. The molecule has 4 nitrogen and oxygen atoms in total. The van der Waals surface area contributed by atoms with E-state index in [1.54, 1.807) is 22.7 Å². The van der Waals surface area contributed by atoms with Crippen molar-refractivity contribution in [3.05, 3.63) is 22.4 Å². The fourth-order valence-electron chi connectivity index (χ4n) is 2.47. The molecule has 3 rings (SSSR count). The average molecular weight is 350 g/mol. The van der Waals surface area contributed by atoms with Crippen LogP contribution in [0.3, 0.4) is 0 Å².